The Kier molecular flexibility index (Phi) is 2.23. The summed E-state index contributed by atoms with van der Waals surface area (Å²) in [5.41, 5.74) is -1.45. The van der Waals surface area contributed by atoms with Crippen LogP contribution >= 0.6 is 0 Å². The molecule has 2 nitrogen and oxygen atoms in total. The lowest BCUT2D eigenvalue weighted by Crippen LogP contribution is -2.22. The van der Waals surface area contributed by atoms with Crippen LogP contribution < -0.4 is 0 Å². The van der Waals surface area contributed by atoms with Gasteiger partial charge in [-0.25, -0.2) is 0 Å². The molecule has 1 atom stereocenters. The third-order valence-electron chi connectivity index (χ3n) is 0.608. The molecule has 0 heterocycles. The highest BCUT2D eigenvalue weighted by Gasteiger charge is 2.12. The van der Waals surface area contributed by atoms with E-state index in [1.54, 1.807) is 6.92 Å². The van der Waals surface area contributed by atoms with Gasteiger partial charge in [0, 0.05) is 0 Å². The Hall–Kier alpha value is -0.810. The van der Waals surface area contributed by atoms with Gasteiger partial charge in [0.25, 0.3) is 0 Å². The van der Waals surface area contributed by atoms with E-state index in [-0.39, 0.29) is 0 Å². The number of aliphatic hydroxyl groups is 1. The van der Waals surface area contributed by atoms with Crippen LogP contribution in [0.3, 0.4) is 0 Å². The lowest BCUT2D eigenvalue weighted by atomic mass is 10.1. The third-order valence-corrected chi connectivity index (χ3v) is 0.608. The van der Waals surface area contributed by atoms with Gasteiger partial charge in [0.1, 0.15) is 0 Å². The van der Waals surface area contributed by atoms with E-state index < -0.39 is 5.60 Å². The highest BCUT2D eigenvalue weighted by Crippen LogP contribution is 1.92. The number of rotatable bonds is 1. The van der Waals surface area contributed by atoms with Gasteiger partial charge < -0.3 is 5.11 Å². The zero-order valence-electron chi connectivity index (χ0n) is 4.93. The molecule has 0 aromatic heterocycles. The van der Waals surface area contributed by atoms with Crippen LogP contribution in [-0.4, -0.2) is 17.0 Å². The Labute approximate surface area is 48.5 Å². The first kappa shape index (κ1) is 7.19. The normalized spacial score (nSPS) is 15.4. The predicted molar refractivity (Wildman–Crippen MR) is 30.1 cm³/mol. The summed E-state index contributed by atoms with van der Waals surface area (Å²) in [5.74, 6) is 4.74. The van der Waals surface area contributed by atoms with Crippen LogP contribution in [0.2, 0.25) is 0 Å². The van der Waals surface area contributed by atoms with Crippen molar-refractivity contribution in [3.05, 3.63) is 0 Å². The second kappa shape index (κ2) is 2.49. The van der Waals surface area contributed by atoms with Crippen LogP contribution in [0.25, 0.3) is 0 Å². The highest BCUT2D eigenvalue weighted by atomic mass is 16.3. The fourth-order valence-electron chi connectivity index (χ4n) is 0.283. The summed E-state index contributed by atoms with van der Waals surface area (Å²) in [7, 11) is 0. The smallest absolute Gasteiger partial charge is 0.178 e. The van der Waals surface area contributed by atoms with E-state index in [1.807, 2.05) is 0 Å². The second-order valence-corrected chi connectivity index (χ2v) is 1.64. The van der Waals surface area contributed by atoms with Gasteiger partial charge in [0.15, 0.2) is 11.9 Å². The van der Waals surface area contributed by atoms with E-state index in [0.29, 0.717) is 6.29 Å². The van der Waals surface area contributed by atoms with Crippen LogP contribution in [0.5, 0.6) is 0 Å². The minimum Gasteiger partial charge on any atom is -0.371 e. The van der Waals surface area contributed by atoms with Gasteiger partial charge in [-0.2, -0.15) is 0 Å². The molecule has 0 saturated heterocycles. The Morgan fingerprint density at radius 1 is 1.75 bits per heavy atom. The van der Waals surface area contributed by atoms with Crippen LogP contribution in [-0.2, 0) is 4.79 Å². The fourth-order valence-corrected chi connectivity index (χ4v) is 0.283. The molecule has 0 aliphatic carbocycles. The van der Waals surface area contributed by atoms with Gasteiger partial charge in [-0.15, -0.1) is 5.92 Å². The Morgan fingerprint density at radius 2 is 2.25 bits per heavy atom. The standard InChI is InChI=1S/C6H8O2/c1-3-4-6(2,8)5-7/h5,8H,1-2H3. The largest absolute Gasteiger partial charge is 0.371 e. The molecule has 0 aliphatic heterocycles. The maximum Gasteiger partial charge on any atom is 0.178 e. The van der Waals surface area contributed by atoms with Crippen LogP contribution in [0.15, 0.2) is 0 Å². The van der Waals surface area contributed by atoms with E-state index in [1.165, 1.54) is 6.92 Å². The average molecular weight is 112 g/mol. The molecule has 0 radical (unpaired) electrons. The molecule has 0 spiro atoms. The van der Waals surface area contributed by atoms with Crippen molar-refractivity contribution in [1.82, 2.24) is 0 Å². The number of hydrogen-bond donors (Lipinski definition) is 1. The Morgan fingerprint density at radius 3 is 2.38 bits per heavy atom. The average Bonchev–Trinajstić information content (AvgIpc) is 1.67. The molecule has 8 heavy (non-hydrogen) atoms. The van der Waals surface area contributed by atoms with Crippen LogP contribution in [0, 0.1) is 11.8 Å². The van der Waals surface area contributed by atoms with E-state index in [2.05, 4.69) is 11.8 Å². The summed E-state index contributed by atoms with van der Waals surface area (Å²) in [4.78, 5) is 9.86. The predicted octanol–water partition coefficient (Wildman–Crippen LogP) is -0.0404. The maximum absolute atomic E-state index is 9.86. The monoisotopic (exact) mass is 112 g/mol. The van der Waals surface area contributed by atoms with E-state index in [0.717, 1.165) is 0 Å². The molecule has 0 aromatic carbocycles. The van der Waals surface area contributed by atoms with Crippen molar-refractivity contribution in [3.63, 3.8) is 0 Å². The molecule has 0 rings (SSSR count). The SMILES string of the molecule is CC#CC(C)(O)C=O. The molecule has 1 N–H and O–H groups in total. The molecule has 0 bridgehead atoms. The molecule has 0 aliphatic rings. The second-order valence-electron chi connectivity index (χ2n) is 1.64. The van der Waals surface area contributed by atoms with Crippen molar-refractivity contribution in [3.8, 4) is 11.8 Å². The quantitative estimate of drug-likeness (QED) is 0.381. The summed E-state index contributed by atoms with van der Waals surface area (Å²) < 4.78 is 0. The fraction of sp³-hybridized carbons (Fsp3) is 0.500. The first-order valence-electron chi connectivity index (χ1n) is 2.25. The summed E-state index contributed by atoms with van der Waals surface area (Å²) >= 11 is 0. The van der Waals surface area contributed by atoms with E-state index in [4.69, 9.17) is 5.11 Å². The Balaban J connectivity index is 4.05. The summed E-state index contributed by atoms with van der Waals surface area (Å²) in [6.45, 7) is 2.91. The number of carbonyl (C=O) groups excluding carboxylic acids is 1. The molecule has 1 unspecified atom stereocenters. The Bertz CT molecular complexity index is 136. The first-order chi connectivity index (χ1) is 3.62. The van der Waals surface area contributed by atoms with Crippen molar-refractivity contribution in [2.75, 3.05) is 0 Å². The summed E-state index contributed by atoms with van der Waals surface area (Å²) in [5, 5.41) is 8.78. The lowest BCUT2D eigenvalue weighted by Gasteiger charge is -2.03. The zero-order chi connectivity index (χ0) is 6.62. The van der Waals surface area contributed by atoms with Crippen molar-refractivity contribution in [1.29, 1.82) is 0 Å². The summed E-state index contributed by atoms with van der Waals surface area (Å²) in [6.07, 6.45) is 0.406. The van der Waals surface area contributed by atoms with Gasteiger partial charge in [0.2, 0.25) is 0 Å². The maximum atomic E-state index is 9.86. The molecule has 0 amide bonds. The van der Waals surface area contributed by atoms with Crippen LogP contribution in [0.4, 0.5) is 0 Å². The minimum atomic E-state index is -1.45. The molecule has 44 valence electrons. The van der Waals surface area contributed by atoms with E-state index in [9.17, 15) is 4.79 Å². The number of aldehydes is 1. The third kappa shape index (κ3) is 2.38. The van der Waals surface area contributed by atoms with Crippen molar-refractivity contribution < 1.29 is 9.90 Å². The van der Waals surface area contributed by atoms with Gasteiger partial charge >= 0.3 is 0 Å². The van der Waals surface area contributed by atoms with Crippen molar-refractivity contribution in [2.24, 2.45) is 0 Å². The molecule has 0 fully saturated rings. The van der Waals surface area contributed by atoms with E-state index >= 15 is 0 Å². The topological polar surface area (TPSA) is 37.3 Å². The molecule has 2 heteroatoms. The van der Waals surface area contributed by atoms with Gasteiger partial charge in [-0.05, 0) is 13.8 Å². The number of hydrogen-bond acceptors (Lipinski definition) is 2. The van der Waals surface area contributed by atoms with Crippen LogP contribution in [0.1, 0.15) is 13.8 Å². The highest BCUT2D eigenvalue weighted by molar-refractivity contribution is 5.66. The molecular formula is C6H8O2. The van der Waals surface area contributed by atoms with Crippen molar-refractivity contribution in [2.45, 2.75) is 19.4 Å². The minimum absolute atomic E-state index is 0.406. The number of carbonyl (C=O) groups is 1. The zero-order valence-corrected chi connectivity index (χ0v) is 4.93. The van der Waals surface area contributed by atoms with Gasteiger partial charge in [-0.1, -0.05) is 5.92 Å². The molecular weight excluding hydrogens is 104 g/mol. The van der Waals surface area contributed by atoms with Gasteiger partial charge in [0.05, 0.1) is 0 Å². The lowest BCUT2D eigenvalue weighted by molar-refractivity contribution is -0.118. The summed E-state index contributed by atoms with van der Waals surface area (Å²) in [6, 6.07) is 0. The van der Waals surface area contributed by atoms with Crippen molar-refractivity contribution >= 4 is 6.29 Å². The molecule has 0 aromatic rings. The van der Waals surface area contributed by atoms with Gasteiger partial charge in [-0.3, -0.25) is 4.79 Å². The molecule has 0 saturated carbocycles. The first-order valence-corrected chi connectivity index (χ1v) is 2.25.